The van der Waals surface area contributed by atoms with Crippen LogP contribution in [0.25, 0.3) is 0 Å². The Morgan fingerprint density at radius 1 is 1.28 bits per heavy atom. The number of carbonyl (C=O) groups is 3. The molecule has 0 aliphatic heterocycles. The Morgan fingerprint density at radius 3 is 2.44 bits per heavy atom. The molecule has 0 aliphatic rings. The number of carboxylic acids is 1. The highest BCUT2D eigenvalue weighted by atomic mass is 32.2. The molecule has 1 rings (SSSR count). The van der Waals surface area contributed by atoms with E-state index in [1.54, 1.807) is 0 Å². The van der Waals surface area contributed by atoms with Crippen molar-refractivity contribution in [1.29, 1.82) is 0 Å². The molecular weight excluding hydrogens is 350 g/mol. The second kappa shape index (κ2) is 10.3. The molecule has 0 aromatic heterocycles. The minimum atomic E-state index is -1.10. The predicted octanol–water partition coefficient (Wildman–Crippen LogP) is 1.04. The van der Waals surface area contributed by atoms with Gasteiger partial charge in [0.25, 0.3) is 11.6 Å². The molecule has 0 spiro atoms. The molecule has 0 saturated heterocycles. The molecule has 2 amide bonds. The molecule has 1 aromatic rings. The van der Waals surface area contributed by atoms with E-state index < -0.39 is 28.7 Å². The fourth-order valence-corrected chi connectivity index (χ4v) is 2.36. The minimum absolute atomic E-state index is 0.0243. The Morgan fingerprint density at radius 2 is 1.92 bits per heavy atom. The average Bonchev–Trinajstić information content (AvgIpc) is 2.58. The molecule has 0 unspecified atom stereocenters. The van der Waals surface area contributed by atoms with E-state index in [1.165, 1.54) is 36.0 Å². The zero-order valence-corrected chi connectivity index (χ0v) is 14.4. The summed E-state index contributed by atoms with van der Waals surface area (Å²) in [6.07, 6.45) is 2.09. The number of carboxylic acid groups (broad SMARTS) is 1. The maximum Gasteiger partial charge on any atom is 0.326 e. The van der Waals surface area contributed by atoms with Gasteiger partial charge in [-0.25, -0.2) is 4.79 Å². The molecular formula is C15H19N3O6S. The molecule has 0 fully saturated rings. The van der Waals surface area contributed by atoms with Crippen molar-refractivity contribution >= 4 is 35.2 Å². The van der Waals surface area contributed by atoms with Gasteiger partial charge in [-0.15, -0.1) is 0 Å². The predicted molar refractivity (Wildman–Crippen MR) is 92.6 cm³/mol. The van der Waals surface area contributed by atoms with Crippen molar-refractivity contribution < 1.29 is 24.4 Å². The van der Waals surface area contributed by atoms with Gasteiger partial charge in [0.05, 0.1) is 4.92 Å². The number of rotatable bonds is 10. The number of aliphatic carboxylic acids is 1. The van der Waals surface area contributed by atoms with Crippen molar-refractivity contribution in [3.8, 4) is 0 Å². The van der Waals surface area contributed by atoms with Crippen LogP contribution in [0, 0.1) is 10.1 Å². The summed E-state index contributed by atoms with van der Waals surface area (Å²) in [7, 11) is 0. The third-order valence-corrected chi connectivity index (χ3v) is 3.87. The second-order valence-corrected chi connectivity index (χ2v) is 6.04. The molecule has 1 aromatic carbocycles. The lowest BCUT2D eigenvalue weighted by Crippen LogP contribution is -2.42. The lowest BCUT2D eigenvalue weighted by molar-refractivity contribution is -0.384. The highest BCUT2D eigenvalue weighted by Gasteiger charge is 2.19. The highest BCUT2D eigenvalue weighted by Crippen LogP contribution is 2.11. The van der Waals surface area contributed by atoms with Gasteiger partial charge in [0.1, 0.15) is 6.04 Å². The van der Waals surface area contributed by atoms with Crippen molar-refractivity contribution in [2.45, 2.75) is 18.9 Å². The number of nitro groups is 1. The average molecular weight is 369 g/mol. The van der Waals surface area contributed by atoms with E-state index in [2.05, 4.69) is 10.6 Å². The summed E-state index contributed by atoms with van der Waals surface area (Å²) in [5.74, 6) is -1.44. The van der Waals surface area contributed by atoms with E-state index in [9.17, 15) is 24.5 Å². The van der Waals surface area contributed by atoms with Crippen molar-refractivity contribution in [2.75, 3.05) is 18.6 Å². The summed E-state index contributed by atoms with van der Waals surface area (Å²) in [5.41, 5.74) is 0.107. The number of carbonyl (C=O) groups excluding carboxylic acids is 2. The van der Waals surface area contributed by atoms with Gasteiger partial charge in [0, 0.05) is 30.7 Å². The number of amides is 2. The van der Waals surface area contributed by atoms with Gasteiger partial charge < -0.3 is 15.7 Å². The molecule has 3 N–H and O–H groups in total. The monoisotopic (exact) mass is 369 g/mol. The molecule has 0 saturated carbocycles. The number of thioether (sulfide) groups is 1. The zero-order valence-electron chi connectivity index (χ0n) is 13.6. The summed E-state index contributed by atoms with van der Waals surface area (Å²) in [6, 6.07) is 4.10. The number of benzene rings is 1. The maximum absolute atomic E-state index is 11.9. The Kier molecular flexibility index (Phi) is 8.40. The highest BCUT2D eigenvalue weighted by molar-refractivity contribution is 7.98. The first-order valence-corrected chi connectivity index (χ1v) is 8.78. The first kappa shape index (κ1) is 20.4. The summed E-state index contributed by atoms with van der Waals surface area (Å²) in [6.45, 7) is 0.0243. The number of nitrogens with zero attached hydrogens (tertiary/aromatic N) is 1. The van der Waals surface area contributed by atoms with Crippen molar-refractivity contribution in [3.63, 3.8) is 0 Å². The molecule has 1 atom stereocenters. The summed E-state index contributed by atoms with van der Waals surface area (Å²) < 4.78 is 0. The Bertz CT molecular complexity index is 635. The molecule has 10 heteroatoms. The molecule has 0 bridgehead atoms. The summed E-state index contributed by atoms with van der Waals surface area (Å²) in [5, 5.41) is 24.5. The van der Waals surface area contributed by atoms with Crippen LogP contribution >= 0.6 is 11.8 Å². The fraction of sp³-hybridized carbons (Fsp3) is 0.400. The quantitative estimate of drug-likeness (QED) is 0.413. The maximum atomic E-state index is 11.9. The molecule has 25 heavy (non-hydrogen) atoms. The zero-order chi connectivity index (χ0) is 18.8. The van der Waals surface area contributed by atoms with E-state index in [1.807, 2.05) is 6.26 Å². The SMILES string of the molecule is CSCC[C@@H](NC(=O)CCNC(=O)c1ccc([N+](=O)[O-])cc1)C(=O)O. The summed E-state index contributed by atoms with van der Waals surface area (Å²) in [4.78, 5) is 44.6. The van der Waals surface area contributed by atoms with Gasteiger partial charge in [0.2, 0.25) is 5.91 Å². The van der Waals surface area contributed by atoms with E-state index in [0.29, 0.717) is 12.2 Å². The largest absolute Gasteiger partial charge is 0.480 e. The topological polar surface area (TPSA) is 139 Å². The third kappa shape index (κ3) is 7.21. The Hall–Kier alpha value is -2.62. The number of non-ortho nitro benzene ring substituents is 1. The van der Waals surface area contributed by atoms with Gasteiger partial charge in [-0.3, -0.25) is 19.7 Å². The van der Waals surface area contributed by atoms with Gasteiger partial charge in [-0.1, -0.05) is 0 Å². The second-order valence-electron chi connectivity index (χ2n) is 5.05. The van der Waals surface area contributed by atoms with Crippen LogP contribution in [-0.4, -0.2) is 52.4 Å². The Balaban J connectivity index is 2.42. The smallest absolute Gasteiger partial charge is 0.326 e. The standard InChI is InChI=1S/C15H19N3O6S/c1-25-9-7-12(15(21)22)17-13(19)6-8-16-14(20)10-2-4-11(5-3-10)18(23)24/h2-5,12H,6-9H2,1H3,(H,16,20)(H,17,19)(H,21,22)/t12-/m1/s1. The van der Waals surface area contributed by atoms with Crippen LogP contribution in [0.3, 0.4) is 0 Å². The van der Waals surface area contributed by atoms with Crippen LogP contribution < -0.4 is 10.6 Å². The van der Waals surface area contributed by atoms with Crippen LogP contribution in [0.15, 0.2) is 24.3 Å². The Labute approximate surface area is 148 Å². The number of hydrogen-bond donors (Lipinski definition) is 3. The number of nitro benzene ring substituents is 1. The number of hydrogen-bond acceptors (Lipinski definition) is 6. The first-order valence-electron chi connectivity index (χ1n) is 7.39. The summed E-state index contributed by atoms with van der Waals surface area (Å²) >= 11 is 1.48. The van der Waals surface area contributed by atoms with Crippen molar-refractivity contribution in [1.82, 2.24) is 10.6 Å². The van der Waals surface area contributed by atoms with E-state index in [0.717, 1.165) is 0 Å². The fourth-order valence-electron chi connectivity index (χ4n) is 1.89. The van der Waals surface area contributed by atoms with Crippen LogP contribution in [0.2, 0.25) is 0 Å². The molecule has 0 aliphatic carbocycles. The molecule has 9 nitrogen and oxygen atoms in total. The minimum Gasteiger partial charge on any atom is -0.480 e. The lowest BCUT2D eigenvalue weighted by atomic mass is 10.2. The normalized spacial score (nSPS) is 11.4. The molecule has 0 radical (unpaired) electrons. The van der Waals surface area contributed by atoms with Gasteiger partial charge in [0.15, 0.2) is 0 Å². The van der Waals surface area contributed by atoms with Crippen molar-refractivity contribution in [3.05, 3.63) is 39.9 Å². The van der Waals surface area contributed by atoms with Crippen LogP contribution in [0.5, 0.6) is 0 Å². The first-order chi connectivity index (χ1) is 11.8. The van der Waals surface area contributed by atoms with E-state index in [-0.39, 0.29) is 24.2 Å². The van der Waals surface area contributed by atoms with E-state index >= 15 is 0 Å². The van der Waals surface area contributed by atoms with Gasteiger partial charge in [-0.2, -0.15) is 11.8 Å². The van der Waals surface area contributed by atoms with Gasteiger partial charge >= 0.3 is 5.97 Å². The van der Waals surface area contributed by atoms with E-state index in [4.69, 9.17) is 5.11 Å². The third-order valence-electron chi connectivity index (χ3n) is 3.22. The van der Waals surface area contributed by atoms with Crippen LogP contribution in [-0.2, 0) is 9.59 Å². The lowest BCUT2D eigenvalue weighted by Gasteiger charge is -2.14. The number of nitrogens with one attached hydrogen (secondary N) is 2. The van der Waals surface area contributed by atoms with Crippen LogP contribution in [0.4, 0.5) is 5.69 Å². The van der Waals surface area contributed by atoms with Crippen molar-refractivity contribution in [2.24, 2.45) is 0 Å². The molecule has 0 heterocycles. The molecule has 136 valence electrons. The van der Waals surface area contributed by atoms with Gasteiger partial charge in [-0.05, 0) is 30.6 Å². The van der Waals surface area contributed by atoms with Crippen LogP contribution in [0.1, 0.15) is 23.2 Å².